The quantitative estimate of drug-likeness (QED) is 0.812. The highest BCUT2D eigenvalue weighted by atomic mass is 16.4. The fourth-order valence-corrected chi connectivity index (χ4v) is 4.33. The number of hydrogen-bond acceptors (Lipinski definition) is 3. The maximum atomic E-state index is 12.5. The highest BCUT2D eigenvalue weighted by molar-refractivity contribution is 5.85. The molecule has 0 aromatic heterocycles. The van der Waals surface area contributed by atoms with E-state index in [1.54, 1.807) is 4.90 Å². The van der Waals surface area contributed by atoms with Crippen molar-refractivity contribution in [3.8, 4) is 0 Å². The van der Waals surface area contributed by atoms with Gasteiger partial charge in [0.15, 0.2) is 0 Å². The molecule has 1 aliphatic carbocycles. The standard InChI is InChI=1S/C15H24N2O3/c18-13(8-10-4-6-16-7-5-10)17-9-11-2-1-3-12(11)14(17)15(19)20/h10-12,14,16H,1-9H2,(H,19,20). The molecule has 0 spiro atoms. The molecule has 2 heterocycles. The summed E-state index contributed by atoms with van der Waals surface area (Å²) in [4.78, 5) is 25.7. The molecule has 0 aromatic carbocycles. The summed E-state index contributed by atoms with van der Waals surface area (Å²) in [5.41, 5.74) is 0. The van der Waals surface area contributed by atoms with Crippen molar-refractivity contribution in [2.45, 2.75) is 44.6 Å². The Bertz CT molecular complexity index is 393. The van der Waals surface area contributed by atoms with Crippen molar-refractivity contribution >= 4 is 11.9 Å². The van der Waals surface area contributed by atoms with Crippen LogP contribution in [0.2, 0.25) is 0 Å². The number of carboxylic acid groups (broad SMARTS) is 1. The highest BCUT2D eigenvalue weighted by Gasteiger charge is 2.49. The number of rotatable bonds is 3. The van der Waals surface area contributed by atoms with Gasteiger partial charge in [-0.2, -0.15) is 0 Å². The Labute approximate surface area is 119 Å². The zero-order valence-electron chi connectivity index (χ0n) is 11.9. The van der Waals surface area contributed by atoms with Crippen LogP contribution in [-0.2, 0) is 9.59 Å². The number of carboxylic acids is 1. The lowest BCUT2D eigenvalue weighted by Crippen LogP contribution is -2.44. The summed E-state index contributed by atoms with van der Waals surface area (Å²) in [7, 11) is 0. The maximum absolute atomic E-state index is 12.5. The third-order valence-corrected chi connectivity index (χ3v) is 5.39. The Morgan fingerprint density at radius 2 is 1.90 bits per heavy atom. The number of aliphatic carboxylic acids is 1. The molecule has 2 aliphatic heterocycles. The van der Waals surface area contributed by atoms with Crippen molar-refractivity contribution in [2.75, 3.05) is 19.6 Å². The summed E-state index contributed by atoms with van der Waals surface area (Å²) < 4.78 is 0. The Morgan fingerprint density at radius 3 is 2.60 bits per heavy atom. The molecule has 5 nitrogen and oxygen atoms in total. The van der Waals surface area contributed by atoms with Crippen LogP contribution in [0.15, 0.2) is 0 Å². The minimum absolute atomic E-state index is 0.0682. The SMILES string of the molecule is O=C(O)C1C2CCCC2CN1C(=O)CC1CCNCC1. The van der Waals surface area contributed by atoms with Gasteiger partial charge in [-0.15, -0.1) is 0 Å². The Morgan fingerprint density at radius 1 is 1.15 bits per heavy atom. The third kappa shape index (κ3) is 2.55. The summed E-state index contributed by atoms with van der Waals surface area (Å²) in [6.07, 6.45) is 5.78. The van der Waals surface area contributed by atoms with E-state index in [4.69, 9.17) is 0 Å². The van der Waals surface area contributed by atoms with Gasteiger partial charge in [-0.25, -0.2) is 4.79 Å². The van der Waals surface area contributed by atoms with Gasteiger partial charge in [-0.1, -0.05) is 6.42 Å². The average Bonchev–Trinajstić information content (AvgIpc) is 2.98. The zero-order chi connectivity index (χ0) is 14.1. The van der Waals surface area contributed by atoms with Crippen LogP contribution >= 0.6 is 0 Å². The molecule has 112 valence electrons. The van der Waals surface area contributed by atoms with Gasteiger partial charge in [0.05, 0.1) is 0 Å². The normalized spacial score (nSPS) is 34.2. The zero-order valence-corrected chi connectivity index (χ0v) is 11.9. The van der Waals surface area contributed by atoms with E-state index < -0.39 is 12.0 Å². The molecule has 20 heavy (non-hydrogen) atoms. The molecule has 3 fully saturated rings. The fraction of sp³-hybridized carbons (Fsp3) is 0.867. The number of carbonyl (C=O) groups excluding carboxylic acids is 1. The molecule has 3 aliphatic rings. The van der Waals surface area contributed by atoms with Crippen LogP contribution < -0.4 is 5.32 Å². The molecule has 0 bridgehead atoms. The first-order valence-corrected chi connectivity index (χ1v) is 7.90. The Balaban J connectivity index is 1.65. The van der Waals surface area contributed by atoms with Gasteiger partial charge >= 0.3 is 5.97 Å². The van der Waals surface area contributed by atoms with Crippen molar-refractivity contribution in [2.24, 2.45) is 17.8 Å². The molecule has 1 saturated carbocycles. The summed E-state index contributed by atoms with van der Waals surface area (Å²) in [5.74, 6) is 0.313. The number of carbonyl (C=O) groups is 2. The van der Waals surface area contributed by atoms with E-state index in [9.17, 15) is 14.7 Å². The molecule has 0 aromatic rings. The van der Waals surface area contributed by atoms with E-state index in [0.29, 0.717) is 24.8 Å². The number of fused-ring (bicyclic) bond motifs is 1. The number of likely N-dealkylation sites (tertiary alicyclic amines) is 1. The van der Waals surface area contributed by atoms with Crippen LogP contribution in [0.1, 0.15) is 38.5 Å². The van der Waals surface area contributed by atoms with Crippen LogP contribution in [0.3, 0.4) is 0 Å². The summed E-state index contributed by atoms with van der Waals surface area (Å²) in [5, 5.41) is 12.8. The first-order valence-electron chi connectivity index (χ1n) is 7.90. The monoisotopic (exact) mass is 280 g/mol. The van der Waals surface area contributed by atoms with Gasteiger partial charge in [-0.3, -0.25) is 4.79 Å². The van der Waals surface area contributed by atoms with Crippen molar-refractivity contribution in [3.05, 3.63) is 0 Å². The Kier molecular flexibility index (Phi) is 3.96. The first kappa shape index (κ1) is 13.9. The van der Waals surface area contributed by atoms with Gasteiger partial charge in [0.25, 0.3) is 0 Å². The number of hydrogen-bond donors (Lipinski definition) is 2. The number of amides is 1. The van der Waals surface area contributed by atoms with Crippen molar-refractivity contribution in [3.63, 3.8) is 0 Å². The predicted molar refractivity (Wildman–Crippen MR) is 74.2 cm³/mol. The summed E-state index contributed by atoms with van der Waals surface area (Å²) in [6, 6.07) is -0.559. The summed E-state index contributed by atoms with van der Waals surface area (Å²) in [6.45, 7) is 2.63. The molecular formula is C15H24N2O3. The van der Waals surface area contributed by atoms with Crippen LogP contribution in [0, 0.1) is 17.8 Å². The molecular weight excluding hydrogens is 256 g/mol. The second-order valence-electron chi connectivity index (χ2n) is 6.58. The maximum Gasteiger partial charge on any atom is 0.326 e. The Hall–Kier alpha value is -1.10. The minimum atomic E-state index is -0.807. The molecule has 3 unspecified atom stereocenters. The van der Waals surface area contributed by atoms with E-state index in [2.05, 4.69) is 5.32 Å². The van der Waals surface area contributed by atoms with E-state index >= 15 is 0 Å². The summed E-state index contributed by atoms with van der Waals surface area (Å²) >= 11 is 0. The number of nitrogens with one attached hydrogen (secondary N) is 1. The van der Waals surface area contributed by atoms with Gasteiger partial charge in [0.2, 0.25) is 5.91 Å². The smallest absolute Gasteiger partial charge is 0.326 e. The highest BCUT2D eigenvalue weighted by Crippen LogP contribution is 2.42. The molecule has 5 heteroatoms. The lowest BCUT2D eigenvalue weighted by Gasteiger charge is -2.28. The molecule has 3 atom stereocenters. The van der Waals surface area contributed by atoms with Gasteiger partial charge in [0.1, 0.15) is 6.04 Å². The van der Waals surface area contributed by atoms with Crippen LogP contribution in [-0.4, -0.2) is 47.6 Å². The third-order valence-electron chi connectivity index (χ3n) is 5.39. The lowest BCUT2D eigenvalue weighted by atomic mass is 9.93. The lowest BCUT2D eigenvalue weighted by molar-refractivity contribution is -0.150. The fourth-order valence-electron chi connectivity index (χ4n) is 4.33. The molecule has 2 N–H and O–H groups in total. The topological polar surface area (TPSA) is 69.6 Å². The van der Waals surface area contributed by atoms with E-state index in [-0.39, 0.29) is 11.8 Å². The minimum Gasteiger partial charge on any atom is -0.480 e. The van der Waals surface area contributed by atoms with E-state index in [1.165, 1.54) is 0 Å². The van der Waals surface area contributed by atoms with Gasteiger partial charge in [0, 0.05) is 13.0 Å². The van der Waals surface area contributed by atoms with Crippen molar-refractivity contribution in [1.29, 1.82) is 0 Å². The van der Waals surface area contributed by atoms with Crippen molar-refractivity contribution < 1.29 is 14.7 Å². The average molecular weight is 280 g/mol. The molecule has 1 amide bonds. The van der Waals surface area contributed by atoms with Crippen molar-refractivity contribution in [1.82, 2.24) is 10.2 Å². The second kappa shape index (κ2) is 5.72. The van der Waals surface area contributed by atoms with Crippen LogP contribution in [0.4, 0.5) is 0 Å². The largest absolute Gasteiger partial charge is 0.480 e. The molecule has 3 rings (SSSR count). The molecule has 0 radical (unpaired) electrons. The predicted octanol–water partition coefficient (Wildman–Crippen LogP) is 1.09. The second-order valence-corrected chi connectivity index (χ2v) is 6.58. The van der Waals surface area contributed by atoms with Gasteiger partial charge in [-0.05, 0) is 56.5 Å². The van der Waals surface area contributed by atoms with E-state index in [1.807, 2.05) is 0 Å². The van der Waals surface area contributed by atoms with Crippen LogP contribution in [0.5, 0.6) is 0 Å². The number of piperidine rings is 1. The van der Waals surface area contributed by atoms with Crippen LogP contribution in [0.25, 0.3) is 0 Å². The van der Waals surface area contributed by atoms with Gasteiger partial charge < -0.3 is 15.3 Å². The van der Waals surface area contributed by atoms with E-state index in [0.717, 1.165) is 45.2 Å². The number of nitrogens with zero attached hydrogens (tertiary/aromatic N) is 1. The first-order chi connectivity index (χ1) is 9.66. The molecule has 2 saturated heterocycles.